The number of carboxylic acid groups (broad SMARTS) is 2. The van der Waals surface area contributed by atoms with Gasteiger partial charge in [0.05, 0.1) is 17.1 Å². The molecule has 3 aromatic carbocycles. The van der Waals surface area contributed by atoms with Crippen LogP contribution in [0.1, 0.15) is 31.2 Å². The SMILES string of the molecule is CC1=NC(C#N)=C(C(=O)O)C(c2cc([N+](=O)[O-])ccc2OCCCCNCC(O)COc2cccc3ccccc23)C1C(=O)O. The molecule has 13 heteroatoms. The smallest absolute Gasteiger partial charge is 0.335 e. The van der Waals surface area contributed by atoms with Gasteiger partial charge < -0.3 is 30.1 Å². The Morgan fingerprint density at radius 3 is 2.56 bits per heavy atom. The highest BCUT2D eigenvalue weighted by atomic mass is 16.6. The molecule has 4 N–H and O–H groups in total. The number of ether oxygens (including phenoxy) is 2. The van der Waals surface area contributed by atoms with E-state index in [2.05, 4.69) is 10.3 Å². The van der Waals surface area contributed by atoms with Crippen molar-refractivity contribution in [3.8, 4) is 17.6 Å². The van der Waals surface area contributed by atoms with Gasteiger partial charge in [-0.1, -0.05) is 36.4 Å². The number of carboxylic acids is 2. The van der Waals surface area contributed by atoms with Gasteiger partial charge >= 0.3 is 11.9 Å². The van der Waals surface area contributed by atoms with Gasteiger partial charge in [0, 0.05) is 41.3 Å². The van der Waals surface area contributed by atoms with Crippen molar-refractivity contribution in [2.45, 2.75) is 31.8 Å². The molecule has 45 heavy (non-hydrogen) atoms. The highest BCUT2D eigenvalue weighted by Crippen LogP contribution is 2.44. The zero-order valence-electron chi connectivity index (χ0n) is 24.4. The predicted molar refractivity (Wildman–Crippen MR) is 163 cm³/mol. The first-order valence-electron chi connectivity index (χ1n) is 14.2. The van der Waals surface area contributed by atoms with E-state index in [9.17, 15) is 40.3 Å². The van der Waals surface area contributed by atoms with Crippen LogP contribution in [0.4, 0.5) is 5.69 Å². The van der Waals surface area contributed by atoms with E-state index in [1.165, 1.54) is 19.1 Å². The van der Waals surface area contributed by atoms with Crippen LogP contribution in [0.25, 0.3) is 10.8 Å². The van der Waals surface area contributed by atoms with Crippen LogP contribution in [-0.2, 0) is 9.59 Å². The topological polar surface area (TPSA) is 205 Å². The quantitative estimate of drug-likeness (QED) is 0.109. The lowest BCUT2D eigenvalue weighted by Crippen LogP contribution is -2.35. The van der Waals surface area contributed by atoms with Crippen molar-refractivity contribution in [1.29, 1.82) is 5.26 Å². The first-order valence-corrected chi connectivity index (χ1v) is 14.2. The number of unbranched alkanes of at least 4 members (excludes halogenated alkanes) is 1. The van der Waals surface area contributed by atoms with Crippen molar-refractivity contribution in [2.24, 2.45) is 10.9 Å². The maximum atomic E-state index is 12.2. The molecule has 0 saturated heterocycles. The maximum absolute atomic E-state index is 12.2. The largest absolute Gasteiger partial charge is 0.493 e. The minimum Gasteiger partial charge on any atom is -0.493 e. The second-order valence-corrected chi connectivity index (χ2v) is 10.4. The first-order chi connectivity index (χ1) is 21.6. The van der Waals surface area contributed by atoms with Gasteiger partial charge in [-0.25, -0.2) is 9.79 Å². The van der Waals surface area contributed by atoms with E-state index in [4.69, 9.17) is 9.47 Å². The van der Waals surface area contributed by atoms with Crippen molar-refractivity contribution in [1.82, 2.24) is 5.32 Å². The Hall–Kier alpha value is -5.32. The Morgan fingerprint density at radius 2 is 1.84 bits per heavy atom. The summed E-state index contributed by atoms with van der Waals surface area (Å²) in [5, 5.41) is 56.5. The van der Waals surface area contributed by atoms with Gasteiger partial charge in [-0.2, -0.15) is 5.26 Å². The standard InChI is InChI=1S/C32H32N4O9/c1-19-28(31(38)39)29(30(32(40)41)25(16-33)35-19)24-15-21(36(42)43)11-12-27(24)44-14-5-4-13-34-17-22(37)18-45-26-10-6-8-20-7-2-3-9-23(20)26/h2-3,6-12,15,22,28-29,34,37H,4-5,13-14,17-18H2,1H3,(H,38,39)(H,40,41). The van der Waals surface area contributed by atoms with Crippen LogP contribution in [0.15, 0.2) is 76.9 Å². The molecule has 0 bridgehead atoms. The van der Waals surface area contributed by atoms with Crippen molar-refractivity contribution in [2.75, 3.05) is 26.3 Å². The average molecular weight is 617 g/mol. The first kappa shape index (κ1) is 32.6. The Bertz CT molecular complexity index is 1690. The molecule has 1 aliphatic rings. The van der Waals surface area contributed by atoms with E-state index in [1.807, 2.05) is 42.5 Å². The third-order valence-electron chi connectivity index (χ3n) is 7.35. The lowest BCUT2D eigenvalue weighted by Gasteiger charge is -2.29. The normalized spacial score (nSPS) is 16.9. The van der Waals surface area contributed by atoms with Gasteiger partial charge in [-0.3, -0.25) is 14.9 Å². The zero-order valence-corrected chi connectivity index (χ0v) is 24.4. The Labute approximate surface area is 258 Å². The predicted octanol–water partition coefficient (Wildman–Crippen LogP) is 4.06. The minimum atomic E-state index is -1.56. The van der Waals surface area contributed by atoms with Crippen molar-refractivity contribution >= 4 is 34.1 Å². The van der Waals surface area contributed by atoms with Crippen LogP contribution in [0.5, 0.6) is 11.5 Å². The molecule has 3 unspecified atom stereocenters. The van der Waals surface area contributed by atoms with Crippen LogP contribution in [0.2, 0.25) is 0 Å². The van der Waals surface area contributed by atoms with Crippen LogP contribution >= 0.6 is 0 Å². The minimum absolute atomic E-state index is 0.0118. The van der Waals surface area contributed by atoms with Gasteiger partial charge in [-0.15, -0.1) is 0 Å². The fourth-order valence-corrected chi connectivity index (χ4v) is 5.23. The van der Waals surface area contributed by atoms with E-state index in [1.54, 1.807) is 6.07 Å². The van der Waals surface area contributed by atoms with Gasteiger partial charge in [-0.05, 0) is 43.8 Å². The Balaban J connectivity index is 1.35. The van der Waals surface area contributed by atoms with Crippen molar-refractivity contribution in [3.05, 3.63) is 87.6 Å². The van der Waals surface area contributed by atoms with Crippen LogP contribution < -0.4 is 14.8 Å². The van der Waals surface area contributed by atoms with Crippen LogP contribution in [0.3, 0.4) is 0 Å². The molecule has 234 valence electrons. The second kappa shape index (κ2) is 14.9. The molecule has 0 saturated carbocycles. The highest BCUT2D eigenvalue weighted by molar-refractivity contribution is 6.06. The zero-order chi connectivity index (χ0) is 32.5. The summed E-state index contributed by atoms with van der Waals surface area (Å²) in [6.45, 7) is 2.44. The third-order valence-corrected chi connectivity index (χ3v) is 7.35. The molecular formula is C32H32N4O9. The molecule has 13 nitrogen and oxygen atoms in total. The lowest BCUT2D eigenvalue weighted by atomic mass is 9.75. The molecule has 0 aromatic heterocycles. The molecule has 0 fully saturated rings. The molecule has 0 amide bonds. The number of aliphatic carboxylic acids is 2. The summed E-state index contributed by atoms with van der Waals surface area (Å²) in [6, 6.07) is 18.8. The van der Waals surface area contributed by atoms with Gasteiger partial charge in [0.1, 0.15) is 36.2 Å². The van der Waals surface area contributed by atoms with E-state index in [0.717, 1.165) is 16.8 Å². The van der Waals surface area contributed by atoms with E-state index >= 15 is 0 Å². The summed E-state index contributed by atoms with van der Waals surface area (Å²) in [6.07, 6.45) is 0.401. The van der Waals surface area contributed by atoms with Crippen LogP contribution in [-0.4, -0.2) is 70.3 Å². The number of aliphatic imine (C=N–C) groups is 1. The highest BCUT2D eigenvalue weighted by Gasteiger charge is 2.44. The van der Waals surface area contributed by atoms with Crippen molar-refractivity contribution < 1.29 is 39.3 Å². The number of allylic oxidation sites excluding steroid dienone is 1. The summed E-state index contributed by atoms with van der Waals surface area (Å²) >= 11 is 0. The fraction of sp³-hybridized carbons (Fsp3) is 0.312. The number of carbonyl (C=O) groups is 2. The number of nitro groups is 1. The third kappa shape index (κ3) is 7.80. The lowest BCUT2D eigenvalue weighted by molar-refractivity contribution is -0.385. The van der Waals surface area contributed by atoms with Crippen LogP contribution in [0, 0.1) is 27.4 Å². The number of aliphatic hydroxyl groups is 1. The number of benzene rings is 3. The number of nitriles is 1. The number of fused-ring (bicyclic) bond motifs is 1. The molecule has 0 aliphatic carbocycles. The summed E-state index contributed by atoms with van der Waals surface area (Å²) in [5.41, 5.74) is -1.49. The summed E-state index contributed by atoms with van der Waals surface area (Å²) in [7, 11) is 0. The molecule has 0 spiro atoms. The number of nitrogens with zero attached hydrogens (tertiary/aromatic N) is 3. The number of non-ortho nitro benzene ring substituents is 1. The average Bonchev–Trinajstić information content (AvgIpc) is 3.02. The maximum Gasteiger partial charge on any atom is 0.335 e. The molecule has 3 aromatic rings. The molecule has 4 rings (SSSR count). The van der Waals surface area contributed by atoms with E-state index in [-0.39, 0.29) is 30.2 Å². The van der Waals surface area contributed by atoms with E-state index in [0.29, 0.717) is 31.7 Å². The fourth-order valence-electron chi connectivity index (χ4n) is 5.23. The summed E-state index contributed by atoms with van der Waals surface area (Å²) in [4.78, 5) is 39.2. The number of nitro benzene ring substituents is 1. The molecule has 1 aliphatic heterocycles. The second-order valence-electron chi connectivity index (χ2n) is 10.4. The van der Waals surface area contributed by atoms with E-state index < -0.39 is 51.8 Å². The van der Waals surface area contributed by atoms with Gasteiger partial charge in [0.25, 0.3) is 5.69 Å². The molecule has 3 atom stereocenters. The molecular weight excluding hydrogens is 584 g/mol. The monoisotopic (exact) mass is 616 g/mol. The number of aliphatic hydroxyl groups excluding tert-OH is 1. The number of hydrogen-bond acceptors (Lipinski definition) is 10. The Kier molecular flexibility index (Phi) is 10.8. The molecule has 1 heterocycles. The number of nitrogens with one attached hydrogen (secondary N) is 1. The number of hydrogen-bond donors (Lipinski definition) is 4. The summed E-state index contributed by atoms with van der Waals surface area (Å²) in [5.74, 6) is -5.15. The van der Waals surface area contributed by atoms with Gasteiger partial charge in [0.2, 0.25) is 0 Å². The van der Waals surface area contributed by atoms with Crippen molar-refractivity contribution in [3.63, 3.8) is 0 Å². The van der Waals surface area contributed by atoms with Gasteiger partial charge in [0.15, 0.2) is 5.70 Å². The Morgan fingerprint density at radius 1 is 1.09 bits per heavy atom. The number of rotatable bonds is 15. The summed E-state index contributed by atoms with van der Waals surface area (Å²) < 4.78 is 11.7. The molecule has 0 radical (unpaired) electrons.